The highest BCUT2D eigenvalue weighted by molar-refractivity contribution is 6.42. The fourth-order valence-corrected chi connectivity index (χ4v) is 2.31. The molecule has 1 heterocycles. The summed E-state index contributed by atoms with van der Waals surface area (Å²) >= 11 is 17.7. The Bertz CT molecular complexity index is 604. The standard InChI is InChI=1S/C11H8Cl3N3O2/c1-5-15-9(17-19-5)4-10(18)16-11-7(13)2-6(12)3-8(11)14/h2-3H,4H2,1H3,(H,16,18). The fraction of sp³-hybridized carbons (Fsp3) is 0.182. The van der Waals surface area contributed by atoms with Crippen LogP contribution in [0.15, 0.2) is 16.7 Å². The van der Waals surface area contributed by atoms with E-state index in [-0.39, 0.29) is 28.2 Å². The Morgan fingerprint density at radius 3 is 2.47 bits per heavy atom. The monoisotopic (exact) mass is 319 g/mol. The summed E-state index contributed by atoms with van der Waals surface area (Å²) in [7, 11) is 0. The average Bonchev–Trinajstić information content (AvgIpc) is 2.69. The van der Waals surface area contributed by atoms with Crippen LogP contribution < -0.4 is 5.32 Å². The van der Waals surface area contributed by atoms with Gasteiger partial charge in [0.25, 0.3) is 0 Å². The summed E-state index contributed by atoms with van der Waals surface area (Å²) in [5, 5.41) is 7.11. The first-order valence-corrected chi connectivity index (χ1v) is 6.32. The summed E-state index contributed by atoms with van der Waals surface area (Å²) in [6.45, 7) is 1.64. The van der Waals surface area contributed by atoms with E-state index < -0.39 is 0 Å². The van der Waals surface area contributed by atoms with Crippen LogP contribution in [0.1, 0.15) is 11.7 Å². The topological polar surface area (TPSA) is 68.0 Å². The second-order valence-corrected chi connectivity index (χ2v) is 4.95. The number of halogens is 3. The lowest BCUT2D eigenvalue weighted by Gasteiger charge is -2.08. The Kier molecular flexibility index (Phi) is 4.29. The normalized spacial score (nSPS) is 10.5. The van der Waals surface area contributed by atoms with Crippen molar-refractivity contribution in [3.63, 3.8) is 0 Å². The molecule has 1 N–H and O–H groups in total. The van der Waals surface area contributed by atoms with Crippen LogP contribution in [0, 0.1) is 6.92 Å². The van der Waals surface area contributed by atoms with E-state index in [1.54, 1.807) is 6.92 Å². The molecule has 2 aromatic rings. The van der Waals surface area contributed by atoms with Crippen LogP contribution in [-0.4, -0.2) is 16.0 Å². The molecular formula is C11H8Cl3N3O2. The fourth-order valence-electron chi connectivity index (χ4n) is 1.40. The van der Waals surface area contributed by atoms with Crippen LogP contribution in [0.3, 0.4) is 0 Å². The van der Waals surface area contributed by atoms with Crippen LogP contribution in [0.2, 0.25) is 15.1 Å². The molecule has 0 fully saturated rings. The Balaban J connectivity index is 2.11. The van der Waals surface area contributed by atoms with E-state index in [9.17, 15) is 4.79 Å². The minimum absolute atomic E-state index is 0.0351. The maximum atomic E-state index is 11.8. The van der Waals surface area contributed by atoms with Crippen molar-refractivity contribution in [1.82, 2.24) is 10.1 Å². The summed E-state index contributed by atoms with van der Waals surface area (Å²) in [4.78, 5) is 15.7. The van der Waals surface area contributed by atoms with Gasteiger partial charge in [-0.25, -0.2) is 0 Å². The van der Waals surface area contributed by atoms with Gasteiger partial charge in [0.15, 0.2) is 5.82 Å². The molecular weight excluding hydrogens is 312 g/mol. The average molecular weight is 321 g/mol. The van der Waals surface area contributed by atoms with Crippen LogP contribution in [0.5, 0.6) is 0 Å². The van der Waals surface area contributed by atoms with Gasteiger partial charge in [0.2, 0.25) is 11.8 Å². The van der Waals surface area contributed by atoms with E-state index in [2.05, 4.69) is 15.5 Å². The van der Waals surface area contributed by atoms with Crippen molar-refractivity contribution in [2.75, 3.05) is 5.32 Å². The molecule has 0 aliphatic rings. The molecule has 0 atom stereocenters. The summed E-state index contributed by atoms with van der Waals surface area (Å²) in [5.74, 6) is 0.327. The molecule has 19 heavy (non-hydrogen) atoms. The van der Waals surface area contributed by atoms with E-state index in [0.29, 0.717) is 16.6 Å². The second-order valence-electron chi connectivity index (χ2n) is 3.70. The first-order chi connectivity index (χ1) is 8.95. The van der Waals surface area contributed by atoms with Crippen LogP contribution in [0.25, 0.3) is 0 Å². The lowest BCUT2D eigenvalue weighted by atomic mass is 10.3. The van der Waals surface area contributed by atoms with Crippen molar-refractivity contribution in [2.45, 2.75) is 13.3 Å². The van der Waals surface area contributed by atoms with Crippen molar-refractivity contribution in [1.29, 1.82) is 0 Å². The SMILES string of the molecule is Cc1nc(CC(=O)Nc2c(Cl)cc(Cl)cc2Cl)no1. The van der Waals surface area contributed by atoms with E-state index >= 15 is 0 Å². The first kappa shape index (κ1) is 14.1. The molecule has 0 aliphatic heterocycles. The Labute approximate surface area is 123 Å². The van der Waals surface area contributed by atoms with E-state index in [1.165, 1.54) is 12.1 Å². The lowest BCUT2D eigenvalue weighted by molar-refractivity contribution is -0.115. The Morgan fingerprint density at radius 2 is 1.95 bits per heavy atom. The molecule has 2 rings (SSSR count). The zero-order valence-electron chi connectivity index (χ0n) is 9.71. The zero-order chi connectivity index (χ0) is 14.0. The molecule has 8 heteroatoms. The number of amides is 1. The van der Waals surface area contributed by atoms with Crippen molar-refractivity contribution < 1.29 is 9.32 Å². The van der Waals surface area contributed by atoms with Gasteiger partial charge in [-0.15, -0.1) is 0 Å². The van der Waals surface area contributed by atoms with Crippen LogP contribution >= 0.6 is 34.8 Å². The highest BCUT2D eigenvalue weighted by atomic mass is 35.5. The highest BCUT2D eigenvalue weighted by Gasteiger charge is 2.14. The number of nitrogens with one attached hydrogen (secondary N) is 1. The highest BCUT2D eigenvalue weighted by Crippen LogP contribution is 2.33. The smallest absolute Gasteiger partial charge is 0.232 e. The first-order valence-electron chi connectivity index (χ1n) is 5.19. The molecule has 0 saturated carbocycles. The lowest BCUT2D eigenvalue weighted by Crippen LogP contribution is -2.15. The molecule has 1 aromatic heterocycles. The molecule has 1 amide bonds. The second kappa shape index (κ2) is 5.77. The van der Waals surface area contributed by atoms with Crippen LogP contribution in [0.4, 0.5) is 5.69 Å². The van der Waals surface area contributed by atoms with Crippen molar-refractivity contribution in [2.24, 2.45) is 0 Å². The number of benzene rings is 1. The third kappa shape index (κ3) is 3.59. The number of hydrogen-bond acceptors (Lipinski definition) is 4. The predicted octanol–water partition coefficient (Wildman–Crippen LogP) is 3.52. The van der Waals surface area contributed by atoms with Gasteiger partial charge < -0.3 is 9.84 Å². The number of rotatable bonds is 3. The summed E-state index contributed by atoms with van der Waals surface area (Å²) in [5.41, 5.74) is 0.304. The van der Waals surface area contributed by atoms with Gasteiger partial charge in [0.1, 0.15) is 0 Å². The number of nitrogens with zero attached hydrogens (tertiary/aromatic N) is 2. The van der Waals surface area contributed by atoms with Gasteiger partial charge in [0.05, 0.1) is 22.2 Å². The molecule has 0 spiro atoms. The number of aryl methyl sites for hydroxylation is 1. The third-order valence-electron chi connectivity index (χ3n) is 2.16. The quantitative estimate of drug-likeness (QED) is 0.939. The maximum absolute atomic E-state index is 11.8. The number of carbonyl (C=O) groups is 1. The predicted molar refractivity (Wildman–Crippen MR) is 72.8 cm³/mol. The molecule has 1 aromatic carbocycles. The van der Waals surface area contributed by atoms with Gasteiger partial charge in [-0.2, -0.15) is 4.98 Å². The van der Waals surface area contributed by atoms with Crippen molar-refractivity contribution >= 4 is 46.4 Å². The number of anilines is 1. The van der Waals surface area contributed by atoms with E-state index in [1.807, 2.05) is 0 Å². The van der Waals surface area contributed by atoms with Gasteiger partial charge in [-0.3, -0.25) is 4.79 Å². The van der Waals surface area contributed by atoms with Gasteiger partial charge >= 0.3 is 0 Å². The minimum Gasteiger partial charge on any atom is -0.340 e. The van der Waals surface area contributed by atoms with Gasteiger partial charge in [-0.05, 0) is 12.1 Å². The molecule has 0 saturated heterocycles. The zero-order valence-corrected chi connectivity index (χ0v) is 12.0. The van der Waals surface area contributed by atoms with Crippen molar-refractivity contribution in [3.8, 4) is 0 Å². The van der Waals surface area contributed by atoms with E-state index in [0.717, 1.165) is 0 Å². The summed E-state index contributed by atoms with van der Waals surface area (Å²) < 4.78 is 4.77. The maximum Gasteiger partial charge on any atom is 0.232 e. The minimum atomic E-state index is -0.355. The summed E-state index contributed by atoms with van der Waals surface area (Å²) in [6.07, 6.45) is -0.0351. The van der Waals surface area contributed by atoms with Crippen molar-refractivity contribution in [3.05, 3.63) is 38.9 Å². The molecule has 100 valence electrons. The number of aromatic nitrogens is 2. The molecule has 0 radical (unpaired) electrons. The third-order valence-corrected chi connectivity index (χ3v) is 2.97. The van der Waals surface area contributed by atoms with Crippen LogP contribution in [-0.2, 0) is 11.2 Å². The molecule has 5 nitrogen and oxygen atoms in total. The van der Waals surface area contributed by atoms with Gasteiger partial charge in [-0.1, -0.05) is 40.0 Å². The van der Waals surface area contributed by atoms with E-state index in [4.69, 9.17) is 39.3 Å². The summed E-state index contributed by atoms with van der Waals surface area (Å²) in [6, 6.07) is 2.98. The molecule has 0 aliphatic carbocycles. The Morgan fingerprint density at radius 1 is 1.32 bits per heavy atom. The number of hydrogen-bond donors (Lipinski definition) is 1. The number of carbonyl (C=O) groups excluding carboxylic acids is 1. The molecule has 0 bridgehead atoms. The largest absolute Gasteiger partial charge is 0.340 e. The van der Waals surface area contributed by atoms with Gasteiger partial charge in [0, 0.05) is 11.9 Å². The Hall–Kier alpha value is -1.30. The molecule has 0 unspecified atom stereocenters.